The van der Waals surface area contributed by atoms with Gasteiger partial charge in [0.1, 0.15) is 5.60 Å². The molecule has 0 aromatic rings. The molecule has 0 bridgehead atoms. The highest BCUT2D eigenvalue weighted by atomic mass is 127. The van der Waals surface area contributed by atoms with Crippen molar-refractivity contribution in [3.05, 3.63) is 0 Å². The predicted molar refractivity (Wildman–Crippen MR) is 116 cm³/mol. The van der Waals surface area contributed by atoms with Crippen LogP contribution in [0.5, 0.6) is 0 Å². The fourth-order valence-electron chi connectivity index (χ4n) is 2.02. The number of alkyl carbamates (subject to hydrolysis) is 1. The fourth-order valence-corrected chi connectivity index (χ4v) is 2.02. The summed E-state index contributed by atoms with van der Waals surface area (Å²) in [4.78, 5) is 18.4. The minimum absolute atomic E-state index is 0. The second-order valence-corrected chi connectivity index (χ2v) is 7.39. The van der Waals surface area contributed by atoms with E-state index in [0.717, 1.165) is 32.1 Å². The number of carbonyl (C=O) groups excluding carboxylic acids is 1. The molecular weight excluding hydrogens is 433 g/mol. The van der Waals surface area contributed by atoms with Crippen molar-refractivity contribution in [1.29, 1.82) is 0 Å². The third-order valence-electron chi connectivity index (χ3n) is 3.38. The number of likely N-dealkylation sites (N-methyl/N-ethyl adjacent to an activating group) is 1. The molecule has 0 atom stereocenters. The van der Waals surface area contributed by atoms with Crippen LogP contribution in [0.4, 0.5) is 4.79 Å². The minimum atomic E-state index is -0.504. The number of rotatable bonds is 8. The zero-order valence-electron chi connectivity index (χ0n) is 17.2. The van der Waals surface area contributed by atoms with E-state index < -0.39 is 17.2 Å². The maximum Gasteiger partial charge on any atom is 0.408 e. The van der Waals surface area contributed by atoms with Crippen LogP contribution in [-0.2, 0) is 4.74 Å². The topological polar surface area (TPSA) is 78.0 Å². The van der Waals surface area contributed by atoms with Gasteiger partial charge in [0.25, 0.3) is 0 Å². The average molecular weight is 471 g/mol. The summed E-state index contributed by atoms with van der Waals surface area (Å²) >= 11 is 0. The molecule has 0 saturated heterocycles. The number of carbonyl (C=O) groups is 1. The van der Waals surface area contributed by atoms with Crippen molar-refractivity contribution in [2.24, 2.45) is 4.99 Å². The molecular formula is C17H38IN5O2. The summed E-state index contributed by atoms with van der Waals surface area (Å²) in [6.07, 6.45) is -0.418. The molecule has 8 heteroatoms. The van der Waals surface area contributed by atoms with Crippen LogP contribution in [0, 0.1) is 0 Å². The van der Waals surface area contributed by atoms with Crippen molar-refractivity contribution < 1.29 is 9.53 Å². The van der Waals surface area contributed by atoms with E-state index in [4.69, 9.17) is 4.74 Å². The smallest absolute Gasteiger partial charge is 0.408 e. The Morgan fingerprint density at radius 3 is 2.08 bits per heavy atom. The molecule has 0 aromatic heterocycles. The summed E-state index contributed by atoms with van der Waals surface area (Å²) in [5, 5.41) is 9.39. The third-order valence-corrected chi connectivity index (χ3v) is 3.38. The van der Waals surface area contributed by atoms with Crippen LogP contribution in [0.25, 0.3) is 0 Å². The lowest BCUT2D eigenvalue weighted by Gasteiger charge is -2.29. The van der Waals surface area contributed by atoms with Gasteiger partial charge in [0.15, 0.2) is 5.96 Å². The van der Waals surface area contributed by atoms with E-state index >= 15 is 0 Å². The molecule has 150 valence electrons. The number of halogens is 1. The highest BCUT2D eigenvalue weighted by molar-refractivity contribution is 14.0. The zero-order valence-corrected chi connectivity index (χ0v) is 19.5. The Balaban J connectivity index is 0. The lowest BCUT2D eigenvalue weighted by Crippen LogP contribution is -2.54. The second kappa shape index (κ2) is 12.6. The number of amides is 1. The molecule has 1 amide bonds. The van der Waals surface area contributed by atoms with E-state index in [0.29, 0.717) is 6.54 Å². The highest BCUT2D eigenvalue weighted by Crippen LogP contribution is 2.09. The standard InChI is InChI=1S/C17H37N5O2.HI/c1-9-22(10-2)12-11-19-14(18-8)20-13-17(6,7)21-15(23)24-16(3,4)5;/h9-13H2,1-8H3,(H,21,23)(H2,18,19,20);1H. The quantitative estimate of drug-likeness (QED) is 0.288. The second-order valence-electron chi connectivity index (χ2n) is 7.39. The number of guanidine groups is 1. The van der Waals surface area contributed by atoms with Gasteiger partial charge in [-0.25, -0.2) is 4.79 Å². The minimum Gasteiger partial charge on any atom is -0.444 e. The molecule has 3 N–H and O–H groups in total. The molecule has 0 saturated carbocycles. The average Bonchev–Trinajstić information content (AvgIpc) is 2.44. The van der Waals surface area contributed by atoms with Gasteiger partial charge < -0.3 is 25.6 Å². The Morgan fingerprint density at radius 1 is 1.08 bits per heavy atom. The lowest BCUT2D eigenvalue weighted by molar-refractivity contribution is 0.0474. The van der Waals surface area contributed by atoms with E-state index in [1.165, 1.54) is 0 Å². The van der Waals surface area contributed by atoms with Gasteiger partial charge in [-0.1, -0.05) is 13.8 Å². The van der Waals surface area contributed by atoms with Gasteiger partial charge in [-0.3, -0.25) is 4.99 Å². The molecule has 0 unspecified atom stereocenters. The molecule has 0 aliphatic rings. The van der Waals surface area contributed by atoms with Gasteiger partial charge >= 0.3 is 6.09 Å². The molecule has 0 fully saturated rings. The molecule has 0 aromatic carbocycles. The van der Waals surface area contributed by atoms with Crippen molar-refractivity contribution in [2.45, 2.75) is 59.6 Å². The molecule has 0 heterocycles. The van der Waals surface area contributed by atoms with Crippen LogP contribution in [-0.4, -0.2) is 67.9 Å². The molecule has 0 rings (SSSR count). The van der Waals surface area contributed by atoms with Crippen molar-refractivity contribution in [1.82, 2.24) is 20.9 Å². The predicted octanol–water partition coefficient (Wildman–Crippen LogP) is 2.41. The Labute approximate surface area is 170 Å². The van der Waals surface area contributed by atoms with Crippen LogP contribution in [0.2, 0.25) is 0 Å². The summed E-state index contributed by atoms with van der Waals surface area (Å²) in [6.45, 7) is 18.1. The molecule has 0 aliphatic heterocycles. The van der Waals surface area contributed by atoms with E-state index in [-0.39, 0.29) is 24.0 Å². The fraction of sp³-hybridized carbons (Fsp3) is 0.882. The normalized spacial score (nSPS) is 12.4. The summed E-state index contributed by atoms with van der Waals surface area (Å²) < 4.78 is 5.29. The van der Waals surface area contributed by atoms with Crippen molar-refractivity contribution in [2.75, 3.05) is 39.8 Å². The Morgan fingerprint density at radius 2 is 1.64 bits per heavy atom. The van der Waals surface area contributed by atoms with E-state index in [9.17, 15) is 4.79 Å². The maximum absolute atomic E-state index is 11.9. The maximum atomic E-state index is 11.9. The van der Waals surface area contributed by atoms with Crippen LogP contribution in [0.15, 0.2) is 4.99 Å². The van der Waals surface area contributed by atoms with Gasteiger partial charge in [0.05, 0.1) is 5.54 Å². The number of ether oxygens (including phenoxy) is 1. The summed E-state index contributed by atoms with van der Waals surface area (Å²) in [5.41, 5.74) is -0.964. The third kappa shape index (κ3) is 14.1. The van der Waals surface area contributed by atoms with Crippen LogP contribution >= 0.6 is 24.0 Å². The summed E-state index contributed by atoms with van der Waals surface area (Å²) in [7, 11) is 1.74. The monoisotopic (exact) mass is 471 g/mol. The van der Waals surface area contributed by atoms with Crippen LogP contribution in [0.1, 0.15) is 48.5 Å². The van der Waals surface area contributed by atoms with E-state index in [1.807, 2.05) is 34.6 Å². The summed E-state index contributed by atoms with van der Waals surface area (Å²) in [6, 6.07) is 0. The van der Waals surface area contributed by atoms with Crippen molar-refractivity contribution >= 4 is 36.0 Å². The first-order chi connectivity index (χ1) is 11.0. The molecule has 0 aliphatic carbocycles. The molecule has 0 spiro atoms. The Bertz CT molecular complexity index is 404. The highest BCUT2D eigenvalue weighted by Gasteiger charge is 2.24. The van der Waals surface area contributed by atoms with Crippen LogP contribution in [0.3, 0.4) is 0 Å². The van der Waals surface area contributed by atoms with E-state index in [2.05, 4.69) is 39.7 Å². The Kier molecular flexibility index (Phi) is 13.3. The first-order valence-corrected chi connectivity index (χ1v) is 8.71. The number of aliphatic imine (C=N–C) groups is 1. The number of nitrogens with zero attached hydrogens (tertiary/aromatic N) is 2. The van der Waals surface area contributed by atoms with E-state index in [1.54, 1.807) is 7.05 Å². The number of hydrogen-bond acceptors (Lipinski definition) is 4. The van der Waals surface area contributed by atoms with Crippen molar-refractivity contribution in [3.63, 3.8) is 0 Å². The van der Waals surface area contributed by atoms with Gasteiger partial charge in [-0.2, -0.15) is 0 Å². The van der Waals surface area contributed by atoms with Gasteiger partial charge in [-0.15, -0.1) is 24.0 Å². The molecule has 0 radical (unpaired) electrons. The van der Waals surface area contributed by atoms with Gasteiger partial charge in [0, 0.05) is 26.7 Å². The lowest BCUT2D eigenvalue weighted by atomic mass is 10.1. The molecule has 25 heavy (non-hydrogen) atoms. The SMILES string of the molecule is CCN(CC)CCNC(=NC)NCC(C)(C)NC(=O)OC(C)(C)C.I. The van der Waals surface area contributed by atoms with Gasteiger partial charge in [-0.05, 0) is 47.7 Å². The largest absolute Gasteiger partial charge is 0.444 e. The molecule has 7 nitrogen and oxygen atoms in total. The first kappa shape index (κ1) is 26.5. The van der Waals surface area contributed by atoms with Crippen molar-refractivity contribution in [3.8, 4) is 0 Å². The Hall–Kier alpha value is -0.770. The van der Waals surface area contributed by atoms with Crippen LogP contribution < -0.4 is 16.0 Å². The van der Waals surface area contributed by atoms with Gasteiger partial charge in [0.2, 0.25) is 0 Å². The number of nitrogens with one attached hydrogen (secondary N) is 3. The summed E-state index contributed by atoms with van der Waals surface area (Å²) in [5.74, 6) is 0.723. The number of hydrogen-bond donors (Lipinski definition) is 3. The zero-order chi connectivity index (χ0) is 18.8. The first-order valence-electron chi connectivity index (χ1n) is 8.71.